The molecule has 0 aromatic heterocycles. The highest BCUT2D eigenvalue weighted by atomic mass is 16.6. The molecule has 3 aromatic rings. The van der Waals surface area contributed by atoms with Crippen molar-refractivity contribution >= 4 is 11.7 Å². The van der Waals surface area contributed by atoms with Crippen molar-refractivity contribution in [3.05, 3.63) is 95.6 Å². The fourth-order valence-electron chi connectivity index (χ4n) is 4.09. The van der Waals surface area contributed by atoms with Gasteiger partial charge < -0.3 is 14.4 Å². The molecule has 0 N–H and O–H groups in total. The molecule has 0 spiro atoms. The molecule has 0 amide bonds. The molecule has 1 aliphatic heterocycles. The van der Waals surface area contributed by atoms with Crippen molar-refractivity contribution in [1.29, 1.82) is 0 Å². The minimum atomic E-state index is -0.777. The van der Waals surface area contributed by atoms with Crippen LogP contribution in [0.2, 0.25) is 0 Å². The van der Waals surface area contributed by atoms with Crippen LogP contribution in [0.1, 0.15) is 42.1 Å². The van der Waals surface area contributed by atoms with Gasteiger partial charge in [0.2, 0.25) is 6.10 Å². The van der Waals surface area contributed by atoms with Gasteiger partial charge in [-0.3, -0.25) is 0 Å². The zero-order valence-electron chi connectivity index (χ0n) is 17.5. The summed E-state index contributed by atoms with van der Waals surface area (Å²) in [6, 6.07) is 26.2. The van der Waals surface area contributed by atoms with Crippen LogP contribution in [-0.2, 0) is 9.53 Å². The number of para-hydroxylation sites is 1. The summed E-state index contributed by atoms with van der Waals surface area (Å²) < 4.78 is 11.3. The van der Waals surface area contributed by atoms with Crippen LogP contribution < -0.4 is 9.64 Å². The van der Waals surface area contributed by atoms with Crippen molar-refractivity contribution in [1.82, 2.24) is 0 Å². The van der Waals surface area contributed by atoms with E-state index in [-0.39, 0.29) is 5.97 Å². The summed E-state index contributed by atoms with van der Waals surface area (Å²) in [4.78, 5) is 14.8. The number of hydrogen-bond donors (Lipinski definition) is 0. The third kappa shape index (κ3) is 4.18. The molecular weight excluding hydrogens is 374 g/mol. The monoisotopic (exact) mass is 401 g/mol. The molecule has 154 valence electrons. The number of carbonyl (C=O) groups excluding carboxylic acids is 1. The van der Waals surface area contributed by atoms with Gasteiger partial charge in [0.05, 0.1) is 6.61 Å². The standard InChI is InChI=1S/C26H27NO3/c1-3-29-26(28)25(20-9-5-4-6-10-20)30-21-15-13-19(14-16-21)22-17-18-27(2)24-12-8-7-11-23(22)24/h4-16,22,25H,3,17-18H2,1-2H3. The second-order valence-electron chi connectivity index (χ2n) is 7.55. The van der Waals surface area contributed by atoms with Gasteiger partial charge in [0.15, 0.2) is 0 Å². The summed E-state index contributed by atoms with van der Waals surface area (Å²) in [5.74, 6) is 0.639. The average Bonchev–Trinajstić information content (AvgIpc) is 2.79. The Morgan fingerprint density at radius 3 is 2.43 bits per heavy atom. The van der Waals surface area contributed by atoms with Crippen LogP contribution >= 0.6 is 0 Å². The maximum absolute atomic E-state index is 12.5. The molecule has 1 heterocycles. The van der Waals surface area contributed by atoms with Gasteiger partial charge in [-0.25, -0.2) is 4.79 Å². The van der Waals surface area contributed by atoms with Crippen LogP contribution in [-0.4, -0.2) is 26.2 Å². The molecule has 3 aromatic carbocycles. The molecular formula is C26H27NO3. The van der Waals surface area contributed by atoms with E-state index in [0.29, 0.717) is 18.3 Å². The smallest absolute Gasteiger partial charge is 0.352 e. The average molecular weight is 402 g/mol. The van der Waals surface area contributed by atoms with Gasteiger partial charge in [0.25, 0.3) is 0 Å². The molecule has 4 nitrogen and oxygen atoms in total. The summed E-state index contributed by atoms with van der Waals surface area (Å²) in [6.45, 7) is 3.15. The number of rotatable bonds is 6. The molecule has 1 aliphatic rings. The highest BCUT2D eigenvalue weighted by molar-refractivity contribution is 5.77. The van der Waals surface area contributed by atoms with Gasteiger partial charge in [-0.05, 0) is 42.7 Å². The van der Waals surface area contributed by atoms with E-state index in [0.717, 1.165) is 18.5 Å². The Balaban J connectivity index is 1.56. The summed E-state index contributed by atoms with van der Waals surface area (Å²) in [6.07, 6.45) is 0.296. The third-order valence-electron chi connectivity index (χ3n) is 5.62. The summed E-state index contributed by atoms with van der Waals surface area (Å²) in [5, 5.41) is 0. The molecule has 30 heavy (non-hydrogen) atoms. The van der Waals surface area contributed by atoms with Crippen LogP contribution in [0.15, 0.2) is 78.9 Å². The number of nitrogens with zero attached hydrogens (tertiary/aromatic N) is 1. The molecule has 0 aliphatic carbocycles. The molecule has 0 radical (unpaired) electrons. The minimum absolute atomic E-state index is 0.319. The lowest BCUT2D eigenvalue weighted by atomic mass is 9.84. The third-order valence-corrected chi connectivity index (χ3v) is 5.62. The van der Waals surface area contributed by atoms with Crippen LogP contribution in [0.5, 0.6) is 5.75 Å². The molecule has 0 saturated carbocycles. The van der Waals surface area contributed by atoms with Gasteiger partial charge in [-0.2, -0.15) is 0 Å². The number of fused-ring (bicyclic) bond motifs is 1. The zero-order chi connectivity index (χ0) is 20.9. The van der Waals surface area contributed by atoms with Crippen LogP contribution in [0, 0.1) is 0 Å². The first-order valence-electron chi connectivity index (χ1n) is 10.5. The first-order valence-corrected chi connectivity index (χ1v) is 10.5. The van der Waals surface area contributed by atoms with E-state index < -0.39 is 6.10 Å². The Hall–Kier alpha value is -3.27. The van der Waals surface area contributed by atoms with Crippen LogP contribution in [0.3, 0.4) is 0 Å². The van der Waals surface area contributed by atoms with Crippen molar-refractivity contribution in [3.63, 3.8) is 0 Å². The first kappa shape index (κ1) is 20.0. The molecule has 0 bridgehead atoms. The summed E-state index contributed by atoms with van der Waals surface area (Å²) >= 11 is 0. The highest BCUT2D eigenvalue weighted by Crippen LogP contribution is 2.39. The van der Waals surface area contributed by atoms with Crippen LogP contribution in [0.25, 0.3) is 0 Å². The van der Waals surface area contributed by atoms with E-state index in [1.807, 2.05) is 42.5 Å². The summed E-state index contributed by atoms with van der Waals surface area (Å²) in [7, 11) is 2.14. The van der Waals surface area contributed by atoms with Crippen molar-refractivity contribution in [2.24, 2.45) is 0 Å². The Labute approximate surface area is 178 Å². The van der Waals surface area contributed by atoms with Gasteiger partial charge in [0, 0.05) is 30.8 Å². The molecule has 4 rings (SSSR count). The zero-order valence-corrected chi connectivity index (χ0v) is 17.5. The number of benzene rings is 3. The second-order valence-corrected chi connectivity index (χ2v) is 7.55. The molecule has 2 atom stereocenters. The lowest BCUT2D eigenvalue weighted by molar-refractivity contribution is -0.151. The minimum Gasteiger partial charge on any atom is -0.474 e. The lowest BCUT2D eigenvalue weighted by Crippen LogP contribution is -2.27. The van der Waals surface area contributed by atoms with Crippen molar-refractivity contribution in [2.45, 2.75) is 25.4 Å². The molecule has 0 saturated heterocycles. The van der Waals surface area contributed by atoms with Crippen molar-refractivity contribution in [3.8, 4) is 5.75 Å². The number of ether oxygens (including phenoxy) is 2. The largest absolute Gasteiger partial charge is 0.474 e. The second kappa shape index (κ2) is 9.04. The van der Waals surface area contributed by atoms with Crippen molar-refractivity contribution in [2.75, 3.05) is 25.1 Å². The quantitative estimate of drug-likeness (QED) is 0.523. The lowest BCUT2D eigenvalue weighted by Gasteiger charge is -2.33. The van der Waals surface area contributed by atoms with E-state index in [1.165, 1.54) is 16.8 Å². The van der Waals surface area contributed by atoms with Gasteiger partial charge in [-0.1, -0.05) is 60.7 Å². The van der Waals surface area contributed by atoms with E-state index in [9.17, 15) is 4.79 Å². The Morgan fingerprint density at radius 1 is 1.00 bits per heavy atom. The fourth-order valence-corrected chi connectivity index (χ4v) is 4.09. The Bertz CT molecular complexity index is 985. The van der Waals surface area contributed by atoms with Gasteiger partial charge in [0.1, 0.15) is 5.75 Å². The normalized spacial score (nSPS) is 16.5. The Morgan fingerprint density at radius 2 is 1.70 bits per heavy atom. The van der Waals surface area contributed by atoms with E-state index in [1.54, 1.807) is 6.92 Å². The number of hydrogen-bond acceptors (Lipinski definition) is 4. The molecule has 2 unspecified atom stereocenters. The molecule has 0 fully saturated rings. The predicted octanol–water partition coefficient (Wildman–Crippen LogP) is 5.34. The predicted molar refractivity (Wildman–Crippen MR) is 119 cm³/mol. The maximum atomic E-state index is 12.5. The highest BCUT2D eigenvalue weighted by Gasteiger charge is 2.26. The topological polar surface area (TPSA) is 38.8 Å². The molecule has 4 heteroatoms. The van der Waals surface area contributed by atoms with E-state index >= 15 is 0 Å². The maximum Gasteiger partial charge on any atom is 0.352 e. The van der Waals surface area contributed by atoms with Crippen LogP contribution in [0.4, 0.5) is 5.69 Å². The first-order chi connectivity index (χ1) is 14.7. The number of esters is 1. The Kier molecular flexibility index (Phi) is 6.03. The SMILES string of the molecule is CCOC(=O)C(Oc1ccc(C2CCN(C)c3ccccc32)cc1)c1ccccc1. The van der Waals surface area contributed by atoms with Gasteiger partial charge >= 0.3 is 5.97 Å². The van der Waals surface area contributed by atoms with Crippen molar-refractivity contribution < 1.29 is 14.3 Å². The number of anilines is 1. The van der Waals surface area contributed by atoms with Gasteiger partial charge in [-0.15, -0.1) is 0 Å². The summed E-state index contributed by atoms with van der Waals surface area (Å²) in [5.41, 5.74) is 4.69. The van der Waals surface area contributed by atoms with E-state index in [2.05, 4.69) is 48.3 Å². The number of carbonyl (C=O) groups is 1. The van der Waals surface area contributed by atoms with E-state index in [4.69, 9.17) is 9.47 Å². The fraction of sp³-hybridized carbons (Fsp3) is 0.269.